The van der Waals surface area contributed by atoms with E-state index in [2.05, 4.69) is 15.0 Å². The van der Waals surface area contributed by atoms with Gasteiger partial charge in [0.25, 0.3) is 0 Å². The molecule has 1 aliphatic rings. The Morgan fingerprint density at radius 1 is 1.25 bits per heavy atom. The highest BCUT2D eigenvalue weighted by atomic mass is 31.2. The first-order valence-electron chi connectivity index (χ1n) is 9.35. The Kier molecular flexibility index (Phi) is 5.21. The van der Waals surface area contributed by atoms with Gasteiger partial charge in [-0.05, 0) is 24.7 Å². The molecule has 11 heteroatoms. The van der Waals surface area contributed by atoms with Crippen molar-refractivity contribution in [2.75, 3.05) is 18.1 Å². The summed E-state index contributed by atoms with van der Waals surface area (Å²) in [6, 6.07) is 0. The average molecular weight is 412 g/mol. The third-order valence-electron chi connectivity index (χ3n) is 5.69. The van der Waals surface area contributed by atoms with Crippen LogP contribution in [0.5, 0.6) is 0 Å². The van der Waals surface area contributed by atoms with Crippen molar-refractivity contribution in [1.82, 2.24) is 19.5 Å². The molecule has 10 nitrogen and oxygen atoms in total. The van der Waals surface area contributed by atoms with Gasteiger partial charge in [-0.3, -0.25) is 4.57 Å². The van der Waals surface area contributed by atoms with Gasteiger partial charge in [0, 0.05) is 12.0 Å². The maximum Gasteiger partial charge on any atom is 0.357 e. The van der Waals surface area contributed by atoms with Crippen LogP contribution in [0.2, 0.25) is 0 Å². The van der Waals surface area contributed by atoms with Crippen molar-refractivity contribution < 1.29 is 19.1 Å². The van der Waals surface area contributed by atoms with E-state index in [-0.39, 0.29) is 35.6 Å². The minimum atomic E-state index is -4.50. The van der Waals surface area contributed by atoms with Crippen LogP contribution in [0.3, 0.4) is 0 Å². The number of ether oxygens (including phenoxy) is 1. The van der Waals surface area contributed by atoms with E-state index in [9.17, 15) is 14.4 Å². The predicted molar refractivity (Wildman–Crippen MR) is 106 cm³/mol. The zero-order chi connectivity index (χ0) is 20.9. The molecule has 1 aliphatic carbocycles. The van der Waals surface area contributed by atoms with E-state index in [4.69, 9.17) is 16.2 Å². The van der Waals surface area contributed by atoms with E-state index in [0.29, 0.717) is 17.7 Å². The van der Waals surface area contributed by atoms with Gasteiger partial charge >= 0.3 is 7.60 Å². The Bertz CT molecular complexity index is 910. The zero-order valence-electron chi connectivity index (χ0n) is 16.7. The lowest BCUT2D eigenvalue weighted by atomic mass is 9.94. The van der Waals surface area contributed by atoms with Crippen LogP contribution in [0.4, 0.5) is 11.8 Å². The molecular formula is C17H29N6O4P. The molecule has 156 valence electrons. The summed E-state index contributed by atoms with van der Waals surface area (Å²) in [5.41, 5.74) is 12.4. The van der Waals surface area contributed by atoms with Gasteiger partial charge in [-0.2, -0.15) is 9.97 Å². The molecule has 1 saturated carbocycles. The fraction of sp³-hybridized carbons (Fsp3) is 0.706. The van der Waals surface area contributed by atoms with Crippen LogP contribution < -0.4 is 11.5 Å². The summed E-state index contributed by atoms with van der Waals surface area (Å²) in [6.45, 7) is 7.92. The zero-order valence-corrected chi connectivity index (χ0v) is 17.6. The predicted octanol–water partition coefficient (Wildman–Crippen LogP) is 1.97. The Labute approximate surface area is 163 Å². The van der Waals surface area contributed by atoms with Gasteiger partial charge in [0.2, 0.25) is 5.95 Å². The highest BCUT2D eigenvalue weighted by molar-refractivity contribution is 7.53. The Balaban J connectivity index is 1.84. The molecule has 0 aromatic carbocycles. The van der Waals surface area contributed by atoms with Gasteiger partial charge in [0.15, 0.2) is 16.8 Å². The van der Waals surface area contributed by atoms with Crippen molar-refractivity contribution in [3.8, 4) is 0 Å². The first-order chi connectivity index (χ1) is 12.9. The Hall–Kier alpha value is -1.74. The molecule has 0 saturated heterocycles. The van der Waals surface area contributed by atoms with Crippen LogP contribution >= 0.6 is 7.60 Å². The highest BCUT2D eigenvalue weighted by Gasteiger charge is 2.55. The van der Waals surface area contributed by atoms with Gasteiger partial charge < -0.3 is 30.6 Å². The monoisotopic (exact) mass is 412 g/mol. The minimum absolute atomic E-state index is 0.0768. The van der Waals surface area contributed by atoms with Crippen molar-refractivity contribution in [2.45, 2.75) is 52.4 Å². The summed E-state index contributed by atoms with van der Waals surface area (Å²) in [7, 11) is -4.50. The van der Waals surface area contributed by atoms with Gasteiger partial charge in [0.05, 0.1) is 12.9 Å². The summed E-state index contributed by atoms with van der Waals surface area (Å²) in [5.74, 6) is -0.383. The second kappa shape index (κ2) is 6.95. The lowest BCUT2D eigenvalue weighted by Crippen LogP contribution is -2.45. The van der Waals surface area contributed by atoms with Gasteiger partial charge in [0.1, 0.15) is 5.52 Å². The van der Waals surface area contributed by atoms with Gasteiger partial charge in [-0.15, -0.1) is 0 Å². The van der Waals surface area contributed by atoms with Crippen LogP contribution in [0.1, 0.15) is 40.5 Å². The fourth-order valence-corrected chi connectivity index (χ4v) is 5.59. The number of nitrogen functional groups attached to an aromatic ring is 2. The van der Waals surface area contributed by atoms with Crippen LogP contribution in [0.15, 0.2) is 6.33 Å². The third kappa shape index (κ3) is 3.50. The molecule has 6 N–H and O–H groups in total. The van der Waals surface area contributed by atoms with E-state index >= 15 is 0 Å². The Morgan fingerprint density at radius 2 is 1.86 bits per heavy atom. The normalized spacial score (nSPS) is 17.0. The van der Waals surface area contributed by atoms with Crippen LogP contribution in [0, 0.1) is 17.3 Å². The standard InChI is InChI=1S/C17H29N6O4P/c1-10(2)17(11(3)4,28(24,25)26)27-8-16(5-6-16)7-23-9-20-12-13(18)21-15(19)22-14(12)23/h9-11H,5-8H2,1-4H3,(H2,24,25,26)(H4,18,19,21,22). The first kappa shape index (κ1) is 21.0. The van der Waals surface area contributed by atoms with Crippen LogP contribution in [-0.4, -0.2) is 41.3 Å². The number of fused-ring (bicyclic) bond motifs is 1. The maximum atomic E-state index is 12.3. The largest absolute Gasteiger partial charge is 0.382 e. The number of rotatable bonds is 8. The van der Waals surface area contributed by atoms with E-state index in [1.807, 2.05) is 4.57 Å². The lowest BCUT2D eigenvalue weighted by molar-refractivity contribution is -0.0809. The van der Waals surface area contributed by atoms with Crippen molar-refractivity contribution in [3.63, 3.8) is 0 Å². The molecular weight excluding hydrogens is 383 g/mol. The molecule has 2 heterocycles. The van der Waals surface area contributed by atoms with Crippen molar-refractivity contribution in [2.24, 2.45) is 17.3 Å². The van der Waals surface area contributed by atoms with Crippen molar-refractivity contribution >= 4 is 30.5 Å². The molecule has 0 atom stereocenters. The number of nitrogens with zero attached hydrogens (tertiary/aromatic N) is 4. The van der Waals surface area contributed by atoms with Crippen LogP contribution in [0.25, 0.3) is 11.2 Å². The molecule has 0 spiro atoms. The minimum Gasteiger partial charge on any atom is -0.382 e. The molecule has 2 aromatic rings. The number of anilines is 2. The second-order valence-corrected chi connectivity index (χ2v) is 10.2. The van der Waals surface area contributed by atoms with E-state index in [1.54, 1.807) is 34.0 Å². The van der Waals surface area contributed by atoms with Gasteiger partial charge in [-0.25, -0.2) is 4.98 Å². The van der Waals surface area contributed by atoms with E-state index in [1.165, 1.54) is 0 Å². The molecule has 0 amide bonds. The summed E-state index contributed by atoms with van der Waals surface area (Å²) >= 11 is 0. The fourth-order valence-electron chi connectivity index (χ4n) is 4.01. The maximum absolute atomic E-state index is 12.3. The number of nitrogens with two attached hydrogens (primary N) is 2. The molecule has 0 radical (unpaired) electrons. The SMILES string of the molecule is CC(C)C(OCC1(Cn2cnc3c(N)nc(N)nc32)CC1)(C(C)C)P(=O)(O)O. The number of imidazole rings is 1. The number of hydrogen-bond donors (Lipinski definition) is 4. The number of hydrogen-bond acceptors (Lipinski definition) is 7. The van der Waals surface area contributed by atoms with Crippen LogP contribution in [-0.2, 0) is 15.8 Å². The lowest BCUT2D eigenvalue weighted by Gasteiger charge is -2.42. The summed E-state index contributed by atoms with van der Waals surface area (Å²) in [5, 5.41) is -1.52. The summed E-state index contributed by atoms with van der Waals surface area (Å²) in [4.78, 5) is 32.6. The molecule has 3 rings (SSSR count). The van der Waals surface area contributed by atoms with Gasteiger partial charge in [-0.1, -0.05) is 27.7 Å². The average Bonchev–Trinajstić information content (AvgIpc) is 3.19. The van der Waals surface area contributed by atoms with Crippen molar-refractivity contribution in [3.05, 3.63) is 6.33 Å². The highest BCUT2D eigenvalue weighted by Crippen LogP contribution is 2.60. The van der Waals surface area contributed by atoms with E-state index in [0.717, 1.165) is 12.8 Å². The topological polar surface area (TPSA) is 162 Å². The molecule has 0 aliphatic heterocycles. The Morgan fingerprint density at radius 3 is 2.36 bits per heavy atom. The molecule has 0 unspecified atom stereocenters. The first-order valence-corrected chi connectivity index (χ1v) is 11.0. The number of aromatic nitrogens is 4. The van der Waals surface area contributed by atoms with E-state index < -0.39 is 12.9 Å². The third-order valence-corrected chi connectivity index (χ3v) is 7.76. The molecule has 28 heavy (non-hydrogen) atoms. The molecule has 1 fully saturated rings. The smallest absolute Gasteiger partial charge is 0.357 e. The quantitative estimate of drug-likeness (QED) is 0.475. The summed E-state index contributed by atoms with van der Waals surface area (Å²) < 4.78 is 20.3. The molecule has 2 aromatic heterocycles. The second-order valence-electron chi connectivity index (χ2n) is 8.41. The van der Waals surface area contributed by atoms with Crippen molar-refractivity contribution in [1.29, 1.82) is 0 Å². The molecule has 0 bridgehead atoms. The summed E-state index contributed by atoms with van der Waals surface area (Å²) in [6.07, 6.45) is 3.41.